The van der Waals surface area contributed by atoms with Gasteiger partial charge in [0.2, 0.25) is 6.08 Å². The van der Waals surface area contributed by atoms with Crippen molar-refractivity contribution >= 4 is 6.08 Å². The Labute approximate surface area is 136 Å². The second-order valence-corrected chi connectivity index (χ2v) is 4.06. The van der Waals surface area contributed by atoms with E-state index >= 15 is 0 Å². The quantitative estimate of drug-likeness (QED) is 0.532. The van der Waals surface area contributed by atoms with Crippen LogP contribution in [0.25, 0.3) is 16.9 Å². The Morgan fingerprint density at radius 3 is 2.00 bits per heavy atom. The number of nitrogens with zero attached hydrogens (tertiary/aromatic N) is 4. The molecule has 3 rings (SSSR count). The summed E-state index contributed by atoms with van der Waals surface area (Å²) >= 11 is 0. The van der Waals surface area contributed by atoms with Crippen molar-refractivity contribution in [2.75, 3.05) is 7.05 Å². The van der Waals surface area contributed by atoms with Crippen LogP contribution in [-0.4, -0.2) is 28.1 Å². The van der Waals surface area contributed by atoms with E-state index < -0.39 is 0 Å². The lowest BCUT2D eigenvalue weighted by molar-refractivity contribution is 0.564. The fourth-order valence-electron chi connectivity index (χ4n) is 1.71. The average Bonchev–Trinajstić information content (AvgIpc) is 3.15. The summed E-state index contributed by atoms with van der Waals surface area (Å²) in [5.41, 5.74) is 2.98. The van der Waals surface area contributed by atoms with Crippen molar-refractivity contribution in [3.63, 3.8) is 0 Å². The molecule has 0 bridgehead atoms. The third kappa shape index (κ3) is 5.69. The van der Waals surface area contributed by atoms with Gasteiger partial charge in [-0.05, 0) is 12.1 Å². The van der Waals surface area contributed by atoms with Crippen molar-refractivity contribution in [2.45, 2.75) is 13.8 Å². The molecule has 0 saturated heterocycles. The lowest BCUT2D eigenvalue weighted by Gasteiger charge is -1.97. The molecule has 0 atom stereocenters. The summed E-state index contributed by atoms with van der Waals surface area (Å²) in [5, 5.41) is 8.31. The molecule has 23 heavy (non-hydrogen) atoms. The zero-order valence-electron chi connectivity index (χ0n) is 13.5. The van der Waals surface area contributed by atoms with Crippen LogP contribution in [0.15, 0.2) is 71.9 Å². The van der Waals surface area contributed by atoms with Crippen LogP contribution in [0.3, 0.4) is 0 Å². The Morgan fingerprint density at radius 1 is 0.957 bits per heavy atom. The Kier molecular flexibility index (Phi) is 8.34. The van der Waals surface area contributed by atoms with Gasteiger partial charge in [0, 0.05) is 12.6 Å². The van der Waals surface area contributed by atoms with Crippen molar-refractivity contribution in [2.24, 2.45) is 4.99 Å². The first-order valence-electron chi connectivity index (χ1n) is 7.34. The third-order valence-corrected chi connectivity index (χ3v) is 2.67. The number of rotatable bonds is 2. The summed E-state index contributed by atoms with van der Waals surface area (Å²) in [6.45, 7) is 4.00. The summed E-state index contributed by atoms with van der Waals surface area (Å²) in [6.07, 6.45) is 3.24. The van der Waals surface area contributed by atoms with Crippen LogP contribution in [0.4, 0.5) is 0 Å². The fraction of sp³-hybridized carbons (Fsp3) is 0.167. The standard InChI is InChI=1S/C14H11N3.C2H3NO.C2H6/c1-3-7-12(8-4-1)14-11-17(16-15-14)13-9-5-2-6-10-13;1-3-2-4;1-2/h1-11H;1H3;1-2H3. The van der Waals surface area contributed by atoms with Crippen LogP contribution in [-0.2, 0) is 4.79 Å². The Bertz CT molecular complexity index is 663. The first-order chi connectivity index (χ1) is 11.3. The highest BCUT2D eigenvalue weighted by Gasteiger charge is 2.03. The van der Waals surface area contributed by atoms with E-state index in [0.29, 0.717) is 0 Å². The molecular weight excluding hydrogens is 288 g/mol. The summed E-state index contributed by atoms with van der Waals surface area (Å²) < 4.78 is 1.78. The van der Waals surface area contributed by atoms with E-state index in [1.165, 1.54) is 13.1 Å². The summed E-state index contributed by atoms with van der Waals surface area (Å²) in [7, 11) is 1.38. The van der Waals surface area contributed by atoms with E-state index in [9.17, 15) is 0 Å². The normalized spacial score (nSPS) is 8.65. The SMILES string of the molecule is CC.CN=C=O.c1ccc(-c2cn(-c3ccccc3)nn2)cc1. The van der Waals surface area contributed by atoms with Gasteiger partial charge in [-0.2, -0.15) is 0 Å². The summed E-state index contributed by atoms with van der Waals surface area (Å²) in [5.74, 6) is 0. The summed E-state index contributed by atoms with van der Waals surface area (Å²) in [4.78, 5) is 11.8. The molecule has 0 saturated carbocycles. The van der Waals surface area contributed by atoms with E-state index in [-0.39, 0.29) is 0 Å². The fourth-order valence-corrected chi connectivity index (χ4v) is 1.71. The second-order valence-electron chi connectivity index (χ2n) is 4.06. The number of hydrogen-bond donors (Lipinski definition) is 0. The molecule has 0 unspecified atom stereocenters. The number of hydrogen-bond acceptors (Lipinski definition) is 4. The molecule has 0 radical (unpaired) electrons. The maximum Gasteiger partial charge on any atom is 0.234 e. The number of para-hydroxylation sites is 1. The highest BCUT2D eigenvalue weighted by atomic mass is 16.1. The van der Waals surface area contributed by atoms with Gasteiger partial charge >= 0.3 is 0 Å². The predicted molar refractivity (Wildman–Crippen MR) is 92.2 cm³/mol. The van der Waals surface area contributed by atoms with Crippen LogP contribution >= 0.6 is 0 Å². The van der Waals surface area contributed by atoms with Gasteiger partial charge in [0.1, 0.15) is 5.69 Å². The highest BCUT2D eigenvalue weighted by Crippen LogP contribution is 2.16. The van der Waals surface area contributed by atoms with Crippen molar-refractivity contribution < 1.29 is 4.79 Å². The average molecular weight is 308 g/mol. The largest absolute Gasteiger partial charge is 0.234 e. The van der Waals surface area contributed by atoms with E-state index in [4.69, 9.17) is 4.79 Å². The molecule has 0 fully saturated rings. The smallest absolute Gasteiger partial charge is 0.220 e. The molecule has 0 N–H and O–H groups in total. The minimum absolute atomic E-state index is 0.884. The zero-order chi connectivity index (χ0) is 16.9. The highest BCUT2D eigenvalue weighted by molar-refractivity contribution is 5.57. The predicted octanol–water partition coefficient (Wildman–Crippen LogP) is 3.91. The monoisotopic (exact) mass is 308 g/mol. The van der Waals surface area contributed by atoms with Gasteiger partial charge in [-0.3, -0.25) is 0 Å². The van der Waals surface area contributed by atoms with Gasteiger partial charge in [0.05, 0.1) is 11.9 Å². The molecule has 0 spiro atoms. The van der Waals surface area contributed by atoms with Gasteiger partial charge in [0.25, 0.3) is 0 Å². The summed E-state index contributed by atoms with van der Waals surface area (Å²) in [6, 6.07) is 20.0. The number of aliphatic imine (C=N–C) groups is 1. The van der Waals surface area contributed by atoms with E-state index in [1.807, 2.05) is 80.7 Å². The van der Waals surface area contributed by atoms with Crippen molar-refractivity contribution in [3.05, 3.63) is 66.9 Å². The molecule has 0 aliphatic carbocycles. The van der Waals surface area contributed by atoms with Gasteiger partial charge in [-0.15, -0.1) is 5.10 Å². The Balaban J connectivity index is 0.000000388. The molecule has 2 aromatic carbocycles. The maximum absolute atomic E-state index is 8.88. The van der Waals surface area contributed by atoms with Gasteiger partial charge in [-0.1, -0.05) is 67.6 Å². The van der Waals surface area contributed by atoms with E-state index in [1.54, 1.807) is 4.68 Å². The van der Waals surface area contributed by atoms with Crippen LogP contribution in [0.1, 0.15) is 13.8 Å². The van der Waals surface area contributed by atoms with E-state index in [0.717, 1.165) is 16.9 Å². The minimum Gasteiger partial charge on any atom is -0.220 e. The molecule has 0 aliphatic rings. The Hall–Kier alpha value is -3.04. The molecule has 3 aromatic rings. The number of aromatic nitrogens is 3. The lowest BCUT2D eigenvalue weighted by Crippen LogP contribution is -1.93. The first-order valence-corrected chi connectivity index (χ1v) is 7.34. The Morgan fingerprint density at radius 2 is 1.48 bits per heavy atom. The van der Waals surface area contributed by atoms with Crippen LogP contribution in [0.2, 0.25) is 0 Å². The molecule has 118 valence electrons. The topological polar surface area (TPSA) is 60.1 Å². The van der Waals surface area contributed by atoms with Crippen LogP contribution in [0, 0.1) is 0 Å². The number of benzene rings is 2. The van der Waals surface area contributed by atoms with Crippen molar-refractivity contribution in [1.82, 2.24) is 15.0 Å². The van der Waals surface area contributed by atoms with Crippen molar-refractivity contribution in [3.8, 4) is 16.9 Å². The minimum atomic E-state index is 0.884. The molecule has 0 amide bonds. The zero-order valence-corrected chi connectivity index (χ0v) is 13.5. The molecule has 5 heteroatoms. The second kappa shape index (κ2) is 10.7. The van der Waals surface area contributed by atoms with Crippen LogP contribution in [0.5, 0.6) is 0 Å². The van der Waals surface area contributed by atoms with E-state index in [2.05, 4.69) is 15.3 Å². The van der Waals surface area contributed by atoms with Gasteiger partial charge < -0.3 is 0 Å². The van der Waals surface area contributed by atoms with Crippen LogP contribution < -0.4 is 0 Å². The van der Waals surface area contributed by atoms with Gasteiger partial charge in [-0.25, -0.2) is 14.5 Å². The third-order valence-electron chi connectivity index (χ3n) is 2.67. The van der Waals surface area contributed by atoms with Gasteiger partial charge in [0.15, 0.2) is 0 Å². The first kappa shape index (κ1) is 18.0. The number of carbonyl (C=O) groups excluding carboxylic acids is 1. The molecular formula is C18H20N4O. The maximum atomic E-state index is 8.88. The lowest BCUT2D eigenvalue weighted by atomic mass is 10.2. The molecule has 1 aromatic heterocycles. The molecule has 0 aliphatic heterocycles. The number of isocyanates is 1. The van der Waals surface area contributed by atoms with Crippen molar-refractivity contribution in [1.29, 1.82) is 0 Å². The molecule has 1 heterocycles. The molecule has 5 nitrogen and oxygen atoms in total.